The lowest BCUT2D eigenvalue weighted by Crippen LogP contribution is -2.12. The Kier molecular flexibility index (Phi) is 6.61. The van der Waals surface area contributed by atoms with E-state index in [-0.39, 0.29) is 17.5 Å². The number of nitrogens with zero attached hydrogens (tertiary/aromatic N) is 1. The number of anilines is 2. The van der Waals surface area contributed by atoms with Gasteiger partial charge in [0.25, 0.3) is 5.69 Å². The highest BCUT2D eigenvalue weighted by molar-refractivity contribution is 6.02. The molecule has 2 rings (SSSR count). The summed E-state index contributed by atoms with van der Waals surface area (Å²) >= 11 is 0. The van der Waals surface area contributed by atoms with Gasteiger partial charge in [0.05, 0.1) is 4.92 Å². The molecule has 7 nitrogen and oxygen atoms in total. The van der Waals surface area contributed by atoms with Crippen LogP contribution in [0, 0.1) is 10.1 Å². The number of nitro benzene ring substituents is 1. The molecule has 0 bridgehead atoms. The molecule has 7 heteroatoms. The molecule has 26 heavy (non-hydrogen) atoms. The summed E-state index contributed by atoms with van der Waals surface area (Å²) in [5.74, 6) is -0.463. The van der Waals surface area contributed by atoms with Crippen LogP contribution in [0.4, 0.5) is 17.1 Å². The Hall–Kier alpha value is -3.48. The zero-order valence-electron chi connectivity index (χ0n) is 14.3. The van der Waals surface area contributed by atoms with Crippen molar-refractivity contribution in [2.24, 2.45) is 0 Å². The molecule has 0 heterocycles. The topological polar surface area (TPSA) is 101 Å². The lowest BCUT2D eigenvalue weighted by atomic mass is 10.2. The van der Waals surface area contributed by atoms with Crippen molar-refractivity contribution in [3.63, 3.8) is 0 Å². The summed E-state index contributed by atoms with van der Waals surface area (Å²) in [5, 5.41) is 16.2. The maximum Gasteiger partial charge on any atom is 0.270 e. The van der Waals surface area contributed by atoms with E-state index in [4.69, 9.17) is 0 Å². The average Bonchev–Trinajstić information content (AvgIpc) is 2.60. The van der Waals surface area contributed by atoms with Crippen LogP contribution in [-0.4, -0.2) is 16.7 Å². The highest BCUT2D eigenvalue weighted by Crippen LogP contribution is 2.16. The van der Waals surface area contributed by atoms with Gasteiger partial charge in [-0.2, -0.15) is 0 Å². The standard InChI is InChI=1S/C19H19N3O4/c1-2-5-18(23)20-15-7-4-8-16(13-15)21-19(24)11-10-14-6-3-9-17(12-14)22(25)26/h3-4,6-13H,2,5H2,1H3,(H,20,23)(H,21,24). The van der Waals surface area contributed by atoms with Crippen LogP contribution in [0.5, 0.6) is 0 Å². The Bertz CT molecular complexity index is 846. The highest BCUT2D eigenvalue weighted by atomic mass is 16.6. The average molecular weight is 353 g/mol. The second-order valence-electron chi connectivity index (χ2n) is 5.55. The van der Waals surface area contributed by atoms with Crippen molar-refractivity contribution in [3.8, 4) is 0 Å². The van der Waals surface area contributed by atoms with E-state index in [0.717, 1.165) is 6.42 Å². The van der Waals surface area contributed by atoms with E-state index < -0.39 is 4.92 Å². The minimum Gasteiger partial charge on any atom is -0.326 e. The summed E-state index contributed by atoms with van der Waals surface area (Å²) < 4.78 is 0. The predicted molar refractivity (Wildman–Crippen MR) is 101 cm³/mol. The molecule has 0 aromatic heterocycles. The highest BCUT2D eigenvalue weighted by Gasteiger charge is 2.05. The second-order valence-corrected chi connectivity index (χ2v) is 5.55. The van der Waals surface area contributed by atoms with Gasteiger partial charge in [0.15, 0.2) is 0 Å². The molecule has 0 unspecified atom stereocenters. The minimum absolute atomic E-state index is 0.0388. The summed E-state index contributed by atoms with van der Waals surface area (Å²) in [6.07, 6.45) is 3.98. The summed E-state index contributed by atoms with van der Waals surface area (Å²) in [5.41, 5.74) is 1.65. The van der Waals surface area contributed by atoms with Crippen LogP contribution in [0.2, 0.25) is 0 Å². The van der Waals surface area contributed by atoms with Gasteiger partial charge in [-0.05, 0) is 36.3 Å². The summed E-state index contributed by atoms with van der Waals surface area (Å²) in [6.45, 7) is 1.92. The molecule has 2 N–H and O–H groups in total. The molecule has 2 aromatic carbocycles. The second kappa shape index (κ2) is 9.12. The Labute approximate surface area is 150 Å². The fraction of sp³-hybridized carbons (Fsp3) is 0.158. The van der Waals surface area contributed by atoms with Crippen LogP contribution in [0.25, 0.3) is 6.08 Å². The first-order chi connectivity index (χ1) is 12.5. The Morgan fingerprint density at radius 1 is 1.08 bits per heavy atom. The molecular weight excluding hydrogens is 334 g/mol. The van der Waals surface area contributed by atoms with Crippen LogP contribution < -0.4 is 10.6 Å². The molecule has 2 amide bonds. The number of nitrogens with one attached hydrogen (secondary N) is 2. The maximum absolute atomic E-state index is 12.0. The Balaban J connectivity index is 2.00. The SMILES string of the molecule is CCCC(=O)Nc1cccc(NC(=O)C=Cc2cccc([N+](=O)[O-])c2)c1. The van der Waals surface area contributed by atoms with Gasteiger partial charge in [-0.25, -0.2) is 0 Å². The first kappa shape index (κ1) is 18.9. The molecule has 0 fully saturated rings. The van der Waals surface area contributed by atoms with Gasteiger partial charge < -0.3 is 10.6 Å². The van der Waals surface area contributed by atoms with Crippen LogP contribution >= 0.6 is 0 Å². The number of carbonyl (C=O) groups is 2. The fourth-order valence-electron chi connectivity index (χ4n) is 2.22. The number of benzene rings is 2. The normalized spacial score (nSPS) is 10.5. The van der Waals surface area contributed by atoms with Crippen LogP contribution in [0.15, 0.2) is 54.6 Å². The van der Waals surface area contributed by atoms with Gasteiger partial charge in [0.2, 0.25) is 11.8 Å². The smallest absolute Gasteiger partial charge is 0.270 e. The van der Waals surface area contributed by atoms with Gasteiger partial charge in [-0.3, -0.25) is 19.7 Å². The Morgan fingerprint density at radius 2 is 1.77 bits per heavy atom. The van der Waals surface area contributed by atoms with Crippen LogP contribution in [0.1, 0.15) is 25.3 Å². The fourth-order valence-corrected chi connectivity index (χ4v) is 2.22. The molecule has 0 aliphatic rings. The van der Waals surface area contributed by atoms with Gasteiger partial charge in [0.1, 0.15) is 0 Å². The molecule has 0 atom stereocenters. The molecule has 2 aromatic rings. The first-order valence-corrected chi connectivity index (χ1v) is 8.11. The van der Waals surface area contributed by atoms with E-state index in [0.29, 0.717) is 23.4 Å². The number of carbonyl (C=O) groups excluding carboxylic acids is 2. The summed E-state index contributed by atoms with van der Waals surface area (Å²) in [7, 11) is 0. The molecule has 0 aliphatic heterocycles. The molecule has 0 aliphatic carbocycles. The quantitative estimate of drug-likeness (QED) is 0.446. The van der Waals surface area contributed by atoms with Gasteiger partial charge in [-0.1, -0.05) is 25.1 Å². The Morgan fingerprint density at radius 3 is 2.46 bits per heavy atom. The van der Waals surface area contributed by atoms with Crippen molar-refractivity contribution in [1.29, 1.82) is 0 Å². The molecule has 0 spiro atoms. The van der Waals surface area contributed by atoms with Gasteiger partial charge in [0, 0.05) is 36.0 Å². The van der Waals surface area contributed by atoms with E-state index in [1.807, 2.05) is 6.92 Å². The minimum atomic E-state index is -0.490. The molecule has 0 saturated carbocycles. The third-order valence-corrected chi connectivity index (χ3v) is 3.40. The third kappa shape index (κ3) is 5.86. The first-order valence-electron chi connectivity index (χ1n) is 8.11. The lowest BCUT2D eigenvalue weighted by molar-refractivity contribution is -0.384. The van der Waals surface area contributed by atoms with Crippen molar-refractivity contribution in [1.82, 2.24) is 0 Å². The van der Waals surface area contributed by atoms with Gasteiger partial charge >= 0.3 is 0 Å². The number of non-ortho nitro benzene ring substituents is 1. The number of amides is 2. The van der Waals surface area contributed by atoms with Crippen molar-refractivity contribution >= 4 is 35.0 Å². The van der Waals surface area contributed by atoms with Crippen molar-refractivity contribution in [2.45, 2.75) is 19.8 Å². The van der Waals surface area contributed by atoms with Crippen molar-refractivity contribution < 1.29 is 14.5 Å². The molecular formula is C19H19N3O4. The molecule has 134 valence electrons. The maximum atomic E-state index is 12.0. The van der Waals surface area contributed by atoms with E-state index in [1.165, 1.54) is 24.3 Å². The van der Waals surface area contributed by atoms with E-state index in [2.05, 4.69) is 10.6 Å². The summed E-state index contributed by atoms with van der Waals surface area (Å²) in [6, 6.07) is 12.8. The van der Waals surface area contributed by atoms with E-state index in [9.17, 15) is 19.7 Å². The van der Waals surface area contributed by atoms with Crippen LogP contribution in [0.3, 0.4) is 0 Å². The lowest BCUT2D eigenvalue weighted by Gasteiger charge is -2.07. The van der Waals surface area contributed by atoms with E-state index in [1.54, 1.807) is 36.4 Å². The number of rotatable bonds is 7. The monoisotopic (exact) mass is 353 g/mol. The molecule has 0 saturated heterocycles. The van der Waals surface area contributed by atoms with E-state index >= 15 is 0 Å². The number of hydrogen-bond acceptors (Lipinski definition) is 4. The number of nitro groups is 1. The van der Waals surface area contributed by atoms with Crippen molar-refractivity contribution in [2.75, 3.05) is 10.6 Å². The predicted octanol–water partition coefficient (Wildman–Crippen LogP) is 3.99. The van der Waals surface area contributed by atoms with Crippen LogP contribution in [-0.2, 0) is 9.59 Å². The largest absolute Gasteiger partial charge is 0.326 e. The van der Waals surface area contributed by atoms with Gasteiger partial charge in [-0.15, -0.1) is 0 Å². The van der Waals surface area contributed by atoms with Crippen molar-refractivity contribution in [3.05, 3.63) is 70.3 Å². The molecule has 0 radical (unpaired) electrons. The zero-order valence-corrected chi connectivity index (χ0v) is 14.3. The third-order valence-electron chi connectivity index (χ3n) is 3.40. The summed E-state index contributed by atoms with van der Waals surface area (Å²) in [4.78, 5) is 33.9. The zero-order chi connectivity index (χ0) is 18.9. The number of hydrogen-bond donors (Lipinski definition) is 2.